The van der Waals surface area contributed by atoms with E-state index in [-0.39, 0.29) is 5.91 Å². The van der Waals surface area contributed by atoms with E-state index >= 15 is 0 Å². The van der Waals surface area contributed by atoms with Crippen LogP contribution in [0.4, 0.5) is 5.69 Å². The highest BCUT2D eigenvalue weighted by Gasteiger charge is 2.22. The number of nitrogens with one attached hydrogen (secondary N) is 1. The molecular formula is C22H20N6OS. The van der Waals surface area contributed by atoms with Gasteiger partial charge in [-0.25, -0.2) is 4.98 Å². The van der Waals surface area contributed by atoms with Gasteiger partial charge in [0, 0.05) is 11.9 Å². The van der Waals surface area contributed by atoms with Crippen molar-refractivity contribution in [2.45, 2.75) is 37.2 Å². The second-order valence-electron chi connectivity index (χ2n) is 6.69. The van der Waals surface area contributed by atoms with Crippen LogP contribution in [0.1, 0.15) is 25.8 Å². The number of hydrogen-bond acceptors (Lipinski definition) is 6. The Kier molecular flexibility index (Phi) is 5.63. The fourth-order valence-corrected chi connectivity index (χ4v) is 4.23. The van der Waals surface area contributed by atoms with Crippen molar-refractivity contribution in [3.8, 4) is 6.07 Å². The van der Waals surface area contributed by atoms with E-state index < -0.39 is 5.25 Å². The van der Waals surface area contributed by atoms with Gasteiger partial charge in [-0.05, 0) is 31.5 Å². The Balaban J connectivity index is 1.62. The lowest BCUT2D eigenvalue weighted by Crippen LogP contribution is -2.25. The van der Waals surface area contributed by atoms with Crippen molar-refractivity contribution in [1.82, 2.24) is 19.7 Å². The number of para-hydroxylation sites is 2. The number of carbonyl (C=O) groups is 1. The van der Waals surface area contributed by atoms with E-state index in [1.165, 1.54) is 11.8 Å². The standard InChI is InChI=1S/C22H20N6OS/c1-3-18(21(29)24-16-11-7-5-9-14(16)13-23)30-22-25-20-19(26-27-22)15-10-6-8-12-17(15)28(20)4-2/h5-12,18H,3-4H2,1-2H3,(H,24,29)/t18-/m1/s1. The molecule has 0 aliphatic carbocycles. The van der Waals surface area contributed by atoms with E-state index in [4.69, 9.17) is 4.98 Å². The minimum absolute atomic E-state index is 0.190. The first-order chi connectivity index (χ1) is 14.7. The minimum Gasteiger partial charge on any atom is -0.324 e. The van der Waals surface area contributed by atoms with Crippen LogP contribution in [-0.2, 0) is 11.3 Å². The van der Waals surface area contributed by atoms with Gasteiger partial charge in [0.25, 0.3) is 0 Å². The molecule has 7 nitrogen and oxygen atoms in total. The van der Waals surface area contributed by atoms with E-state index in [0.29, 0.717) is 22.8 Å². The number of rotatable bonds is 6. The summed E-state index contributed by atoms with van der Waals surface area (Å²) in [5, 5.41) is 21.8. The number of amides is 1. The Morgan fingerprint density at radius 3 is 2.70 bits per heavy atom. The maximum atomic E-state index is 12.8. The van der Waals surface area contributed by atoms with Gasteiger partial charge < -0.3 is 9.88 Å². The van der Waals surface area contributed by atoms with Crippen LogP contribution < -0.4 is 5.32 Å². The summed E-state index contributed by atoms with van der Waals surface area (Å²) in [6, 6.07) is 17.1. The molecule has 2 aromatic carbocycles. The lowest BCUT2D eigenvalue weighted by molar-refractivity contribution is -0.115. The van der Waals surface area contributed by atoms with E-state index in [2.05, 4.69) is 33.1 Å². The van der Waals surface area contributed by atoms with Gasteiger partial charge in [-0.3, -0.25) is 4.79 Å². The number of hydrogen-bond donors (Lipinski definition) is 1. The zero-order valence-electron chi connectivity index (χ0n) is 16.7. The van der Waals surface area contributed by atoms with Crippen LogP contribution in [0.25, 0.3) is 22.1 Å². The summed E-state index contributed by atoms with van der Waals surface area (Å²) >= 11 is 1.28. The highest BCUT2D eigenvalue weighted by molar-refractivity contribution is 8.00. The number of anilines is 1. The van der Waals surface area contributed by atoms with Gasteiger partial charge in [-0.2, -0.15) is 5.26 Å². The molecule has 1 amide bonds. The third-order valence-electron chi connectivity index (χ3n) is 4.89. The van der Waals surface area contributed by atoms with Gasteiger partial charge in [-0.1, -0.05) is 49.0 Å². The second kappa shape index (κ2) is 8.51. The average Bonchev–Trinajstić information content (AvgIpc) is 3.10. The van der Waals surface area contributed by atoms with Gasteiger partial charge in [0.05, 0.1) is 22.0 Å². The minimum atomic E-state index is -0.407. The highest BCUT2D eigenvalue weighted by atomic mass is 32.2. The number of aromatic nitrogens is 4. The van der Waals surface area contributed by atoms with Crippen LogP contribution in [-0.4, -0.2) is 30.9 Å². The normalized spacial score (nSPS) is 12.0. The van der Waals surface area contributed by atoms with E-state index in [1.807, 2.05) is 31.2 Å². The number of fused-ring (bicyclic) bond motifs is 3. The van der Waals surface area contributed by atoms with Crippen molar-refractivity contribution >= 4 is 45.4 Å². The van der Waals surface area contributed by atoms with Crippen molar-refractivity contribution in [2.24, 2.45) is 0 Å². The molecular weight excluding hydrogens is 396 g/mol. The molecule has 2 heterocycles. The topological polar surface area (TPSA) is 96.5 Å². The van der Waals surface area contributed by atoms with Crippen LogP contribution in [0.5, 0.6) is 0 Å². The molecule has 2 aromatic heterocycles. The molecule has 0 bridgehead atoms. The first kappa shape index (κ1) is 19.9. The van der Waals surface area contributed by atoms with Gasteiger partial charge >= 0.3 is 0 Å². The fraction of sp³-hybridized carbons (Fsp3) is 0.227. The van der Waals surface area contributed by atoms with Gasteiger partial charge in [0.15, 0.2) is 5.65 Å². The summed E-state index contributed by atoms with van der Waals surface area (Å²) in [6.45, 7) is 4.76. The molecule has 0 saturated carbocycles. The monoisotopic (exact) mass is 416 g/mol. The molecule has 1 atom stereocenters. The molecule has 30 heavy (non-hydrogen) atoms. The molecule has 0 spiro atoms. The first-order valence-electron chi connectivity index (χ1n) is 9.74. The molecule has 0 aliphatic rings. The lowest BCUT2D eigenvalue weighted by Gasteiger charge is -2.14. The predicted octanol–water partition coefficient (Wildman–Crippen LogP) is 4.38. The van der Waals surface area contributed by atoms with Gasteiger partial charge in [0.2, 0.25) is 11.1 Å². The smallest absolute Gasteiger partial charge is 0.238 e. The SMILES string of the molecule is CC[C@@H](Sc1nnc2c3ccccc3n(CC)c2n1)C(=O)Nc1ccccc1C#N. The van der Waals surface area contributed by atoms with Crippen molar-refractivity contribution < 1.29 is 4.79 Å². The van der Waals surface area contributed by atoms with E-state index in [9.17, 15) is 10.1 Å². The lowest BCUT2D eigenvalue weighted by atomic mass is 10.2. The summed E-state index contributed by atoms with van der Waals surface area (Å²) in [7, 11) is 0. The molecule has 4 aromatic rings. The summed E-state index contributed by atoms with van der Waals surface area (Å²) in [5.41, 5.74) is 3.53. The Hall–Kier alpha value is -3.44. The summed E-state index contributed by atoms with van der Waals surface area (Å²) in [6.07, 6.45) is 0.587. The molecule has 0 fully saturated rings. The number of benzene rings is 2. The summed E-state index contributed by atoms with van der Waals surface area (Å²) in [5.74, 6) is -0.190. The fourth-order valence-electron chi connectivity index (χ4n) is 3.41. The van der Waals surface area contributed by atoms with Crippen molar-refractivity contribution in [3.63, 3.8) is 0 Å². The zero-order valence-corrected chi connectivity index (χ0v) is 17.5. The third kappa shape index (κ3) is 3.60. The molecule has 0 saturated heterocycles. The number of nitrogens with zero attached hydrogens (tertiary/aromatic N) is 5. The Labute approximate surface area is 178 Å². The molecule has 150 valence electrons. The number of carbonyl (C=O) groups excluding carboxylic acids is 1. The zero-order chi connectivity index (χ0) is 21.1. The molecule has 0 aliphatic heterocycles. The average molecular weight is 417 g/mol. The third-order valence-corrected chi connectivity index (χ3v) is 6.10. The molecule has 8 heteroatoms. The van der Waals surface area contributed by atoms with Crippen LogP contribution in [0.3, 0.4) is 0 Å². The van der Waals surface area contributed by atoms with Gasteiger partial charge in [0.1, 0.15) is 11.6 Å². The van der Waals surface area contributed by atoms with Crippen molar-refractivity contribution in [3.05, 3.63) is 54.1 Å². The maximum Gasteiger partial charge on any atom is 0.238 e. The number of thioether (sulfide) groups is 1. The largest absolute Gasteiger partial charge is 0.324 e. The van der Waals surface area contributed by atoms with E-state index in [1.54, 1.807) is 24.3 Å². The van der Waals surface area contributed by atoms with Crippen LogP contribution in [0, 0.1) is 11.3 Å². The maximum absolute atomic E-state index is 12.8. The molecule has 4 rings (SSSR count). The Morgan fingerprint density at radius 2 is 1.93 bits per heavy atom. The van der Waals surface area contributed by atoms with E-state index in [0.717, 1.165) is 28.6 Å². The number of aryl methyl sites for hydroxylation is 1. The molecule has 0 radical (unpaired) electrons. The van der Waals surface area contributed by atoms with Gasteiger partial charge in [-0.15, -0.1) is 10.2 Å². The Morgan fingerprint density at radius 1 is 1.17 bits per heavy atom. The van der Waals surface area contributed by atoms with Crippen molar-refractivity contribution in [1.29, 1.82) is 5.26 Å². The van der Waals surface area contributed by atoms with Crippen LogP contribution in [0.2, 0.25) is 0 Å². The second-order valence-corrected chi connectivity index (χ2v) is 7.86. The van der Waals surface area contributed by atoms with Crippen LogP contribution in [0.15, 0.2) is 53.7 Å². The predicted molar refractivity (Wildman–Crippen MR) is 118 cm³/mol. The summed E-state index contributed by atoms with van der Waals surface area (Å²) < 4.78 is 2.10. The highest BCUT2D eigenvalue weighted by Crippen LogP contribution is 2.29. The van der Waals surface area contributed by atoms with Crippen LogP contribution >= 0.6 is 11.8 Å². The molecule has 0 unspecified atom stereocenters. The molecule has 1 N–H and O–H groups in total. The number of nitriles is 1. The Bertz CT molecular complexity index is 1280. The summed E-state index contributed by atoms with van der Waals surface area (Å²) in [4.78, 5) is 17.5. The first-order valence-corrected chi connectivity index (χ1v) is 10.6. The quantitative estimate of drug-likeness (QED) is 0.469. The van der Waals surface area contributed by atoms with Crippen molar-refractivity contribution in [2.75, 3.05) is 5.32 Å².